The zero-order valence-electron chi connectivity index (χ0n) is 11.2. The van der Waals surface area contributed by atoms with Gasteiger partial charge in [-0.05, 0) is 37.8 Å². The minimum Gasteiger partial charge on any atom is -0.487 e. The Balaban J connectivity index is 2.13. The van der Waals surface area contributed by atoms with Gasteiger partial charge in [0.25, 0.3) is 0 Å². The quantitative estimate of drug-likeness (QED) is 0.630. The molecule has 104 valence electrons. The molecule has 0 aromatic heterocycles. The van der Waals surface area contributed by atoms with Gasteiger partial charge < -0.3 is 10.1 Å². The first kappa shape index (κ1) is 13.6. The van der Waals surface area contributed by atoms with Crippen LogP contribution in [0.2, 0.25) is 0 Å². The van der Waals surface area contributed by atoms with Gasteiger partial charge >= 0.3 is 5.69 Å². The van der Waals surface area contributed by atoms with Crippen LogP contribution < -0.4 is 10.1 Å². The number of rotatable bonds is 6. The molecule has 0 aliphatic heterocycles. The average molecular weight is 264 g/mol. The Morgan fingerprint density at radius 3 is 2.79 bits per heavy atom. The second-order valence-electron chi connectivity index (χ2n) is 4.87. The Hall–Kier alpha value is -1.78. The molecule has 0 bridgehead atoms. The lowest BCUT2D eigenvalue weighted by atomic mass is 10.1. The molecular formula is C14H20N2O3. The van der Waals surface area contributed by atoms with E-state index in [0.29, 0.717) is 24.0 Å². The van der Waals surface area contributed by atoms with E-state index in [0.717, 1.165) is 6.54 Å². The van der Waals surface area contributed by atoms with Crippen LogP contribution in [0.4, 0.5) is 11.4 Å². The van der Waals surface area contributed by atoms with Crippen molar-refractivity contribution in [3.05, 3.63) is 28.3 Å². The van der Waals surface area contributed by atoms with E-state index in [1.807, 2.05) is 6.92 Å². The number of para-hydroxylation sites is 1. The number of hydrogen-bond acceptors (Lipinski definition) is 4. The molecule has 1 N–H and O–H groups in total. The molecule has 0 radical (unpaired) electrons. The largest absolute Gasteiger partial charge is 0.487 e. The van der Waals surface area contributed by atoms with Gasteiger partial charge in [-0.25, -0.2) is 0 Å². The van der Waals surface area contributed by atoms with E-state index in [2.05, 4.69) is 5.32 Å². The molecule has 0 heterocycles. The highest BCUT2D eigenvalue weighted by Crippen LogP contribution is 2.35. The molecule has 0 saturated heterocycles. The normalized spacial score (nSPS) is 15.4. The maximum atomic E-state index is 11.2. The highest BCUT2D eigenvalue weighted by atomic mass is 16.6. The zero-order valence-corrected chi connectivity index (χ0v) is 11.2. The first-order chi connectivity index (χ1) is 9.22. The summed E-state index contributed by atoms with van der Waals surface area (Å²) in [5.74, 6) is 0.972. The second kappa shape index (κ2) is 6.41. The van der Waals surface area contributed by atoms with Gasteiger partial charge in [0.15, 0.2) is 5.75 Å². The molecule has 1 saturated carbocycles. The molecule has 2 rings (SSSR count). The fraction of sp³-hybridized carbons (Fsp3) is 0.571. The van der Waals surface area contributed by atoms with Gasteiger partial charge in [-0.1, -0.05) is 18.9 Å². The number of anilines is 1. The predicted molar refractivity (Wildman–Crippen MR) is 74.7 cm³/mol. The van der Waals surface area contributed by atoms with Crippen LogP contribution in [0.15, 0.2) is 18.2 Å². The number of hydrogen-bond donors (Lipinski definition) is 1. The van der Waals surface area contributed by atoms with E-state index >= 15 is 0 Å². The first-order valence-corrected chi connectivity index (χ1v) is 6.86. The molecule has 1 aromatic rings. The second-order valence-corrected chi connectivity index (χ2v) is 4.87. The van der Waals surface area contributed by atoms with E-state index in [1.165, 1.54) is 25.7 Å². The molecule has 0 atom stereocenters. The maximum absolute atomic E-state index is 11.2. The van der Waals surface area contributed by atoms with Gasteiger partial charge in [0.1, 0.15) is 5.69 Å². The summed E-state index contributed by atoms with van der Waals surface area (Å²) in [5.41, 5.74) is 0.602. The summed E-state index contributed by atoms with van der Waals surface area (Å²) in [6, 6.07) is 5.17. The van der Waals surface area contributed by atoms with Crippen LogP contribution >= 0.6 is 0 Å². The molecule has 1 aromatic carbocycles. The summed E-state index contributed by atoms with van der Waals surface area (Å²) in [6.45, 7) is 3.05. The lowest BCUT2D eigenvalue weighted by Crippen LogP contribution is -2.12. The molecule has 1 aliphatic rings. The van der Waals surface area contributed by atoms with Crippen molar-refractivity contribution in [3.63, 3.8) is 0 Å². The predicted octanol–water partition coefficient (Wildman–Crippen LogP) is 3.60. The van der Waals surface area contributed by atoms with Crippen LogP contribution in [0, 0.1) is 16.0 Å². The van der Waals surface area contributed by atoms with Crippen LogP contribution in [-0.2, 0) is 0 Å². The van der Waals surface area contributed by atoms with Crippen LogP contribution in [0.1, 0.15) is 32.6 Å². The van der Waals surface area contributed by atoms with Crippen molar-refractivity contribution in [1.29, 1.82) is 0 Å². The van der Waals surface area contributed by atoms with Crippen LogP contribution in [0.3, 0.4) is 0 Å². The molecule has 5 nitrogen and oxygen atoms in total. The minimum atomic E-state index is -0.373. The lowest BCUT2D eigenvalue weighted by Gasteiger charge is -2.13. The highest BCUT2D eigenvalue weighted by Gasteiger charge is 2.22. The van der Waals surface area contributed by atoms with E-state index in [9.17, 15) is 10.1 Å². The monoisotopic (exact) mass is 264 g/mol. The molecule has 0 spiro atoms. The van der Waals surface area contributed by atoms with Crippen molar-refractivity contribution >= 4 is 11.4 Å². The first-order valence-electron chi connectivity index (χ1n) is 6.86. The summed E-state index contributed by atoms with van der Waals surface area (Å²) in [5, 5.41) is 14.4. The average Bonchev–Trinajstić information content (AvgIpc) is 2.89. The Bertz CT molecular complexity index is 442. The molecule has 1 aliphatic carbocycles. The number of nitro benzene ring substituents is 1. The van der Waals surface area contributed by atoms with Gasteiger partial charge in [0.2, 0.25) is 0 Å². The number of ether oxygens (including phenoxy) is 1. The topological polar surface area (TPSA) is 64.4 Å². The molecule has 1 fully saturated rings. The van der Waals surface area contributed by atoms with Gasteiger partial charge in [0.05, 0.1) is 11.5 Å². The number of benzene rings is 1. The maximum Gasteiger partial charge on any atom is 0.333 e. The third kappa shape index (κ3) is 3.36. The summed E-state index contributed by atoms with van der Waals surface area (Å²) in [6.07, 6.45) is 4.97. The van der Waals surface area contributed by atoms with Crippen molar-refractivity contribution < 1.29 is 9.66 Å². The van der Waals surface area contributed by atoms with Crippen LogP contribution in [-0.4, -0.2) is 18.1 Å². The van der Waals surface area contributed by atoms with Gasteiger partial charge in [-0.15, -0.1) is 0 Å². The fourth-order valence-electron chi connectivity index (χ4n) is 2.59. The highest BCUT2D eigenvalue weighted by molar-refractivity contribution is 5.68. The standard InChI is InChI=1S/C14H20N2O3/c1-2-19-13-9-5-8-12(14(13)16(17)18)15-10-11-6-3-4-7-11/h5,8-9,11,15H,2-4,6-7,10H2,1H3. The van der Waals surface area contributed by atoms with Gasteiger partial charge in [0, 0.05) is 6.54 Å². The Morgan fingerprint density at radius 1 is 1.42 bits per heavy atom. The van der Waals surface area contributed by atoms with Gasteiger partial charge in [-0.3, -0.25) is 10.1 Å². The van der Waals surface area contributed by atoms with Crippen molar-refractivity contribution in [2.45, 2.75) is 32.6 Å². The molecular weight excluding hydrogens is 244 g/mol. The number of nitro groups is 1. The summed E-state index contributed by atoms with van der Waals surface area (Å²) < 4.78 is 5.33. The Kier molecular flexibility index (Phi) is 4.60. The number of nitrogens with zero attached hydrogens (tertiary/aromatic N) is 1. The van der Waals surface area contributed by atoms with E-state index in [4.69, 9.17) is 4.74 Å². The van der Waals surface area contributed by atoms with E-state index in [-0.39, 0.29) is 10.6 Å². The van der Waals surface area contributed by atoms with Crippen LogP contribution in [0.5, 0.6) is 5.75 Å². The number of nitrogens with one attached hydrogen (secondary N) is 1. The van der Waals surface area contributed by atoms with E-state index in [1.54, 1.807) is 18.2 Å². The molecule has 19 heavy (non-hydrogen) atoms. The summed E-state index contributed by atoms with van der Waals surface area (Å²) in [4.78, 5) is 10.8. The third-order valence-electron chi connectivity index (χ3n) is 3.54. The molecule has 0 amide bonds. The SMILES string of the molecule is CCOc1cccc(NCC2CCCC2)c1[N+](=O)[O-]. The van der Waals surface area contributed by atoms with E-state index < -0.39 is 0 Å². The van der Waals surface area contributed by atoms with Crippen molar-refractivity contribution in [1.82, 2.24) is 0 Å². The fourth-order valence-corrected chi connectivity index (χ4v) is 2.59. The van der Waals surface area contributed by atoms with Crippen molar-refractivity contribution in [3.8, 4) is 5.75 Å². The minimum absolute atomic E-state index is 0.0438. The lowest BCUT2D eigenvalue weighted by molar-refractivity contribution is -0.384. The summed E-state index contributed by atoms with van der Waals surface area (Å²) >= 11 is 0. The third-order valence-corrected chi connectivity index (χ3v) is 3.54. The van der Waals surface area contributed by atoms with Crippen LogP contribution in [0.25, 0.3) is 0 Å². The van der Waals surface area contributed by atoms with Crippen molar-refractivity contribution in [2.24, 2.45) is 5.92 Å². The zero-order chi connectivity index (χ0) is 13.7. The van der Waals surface area contributed by atoms with Crippen molar-refractivity contribution in [2.75, 3.05) is 18.5 Å². The molecule has 5 heteroatoms. The Labute approximate surface area is 113 Å². The Morgan fingerprint density at radius 2 is 2.16 bits per heavy atom. The van der Waals surface area contributed by atoms with Gasteiger partial charge in [-0.2, -0.15) is 0 Å². The summed E-state index contributed by atoms with van der Waals surface area (Å²) in [7, 11) is 0. The smallest absolute Gasteiger partial charge is 0.333 e. The molecule has 0 unspecified atom stereocenters.